The number of aryl methyl sites for hydroxylation is 3. The van der Waals surface area contributed by atoms with Gasteiger partial charge in [-0.3, -0.25) is 4.99 Å². The average Bonchev–Trinajstić information content (AvgIpc) is 2.64. The second-order valence-corrected chi connectivity index (χ2v) is 8.76. The Labute approximate surface area is 177 Å². The number of aromatic hydroxyl groups is 1. The van der Waals surface area contributed by atoms with Crippen LogP contribution in [0.2, 0.25) is 0 Å². The van der Waals surface area contributed by atoms with Gasteiger partial charge in [0, 0.05) is 17.3 Å². The molecule has 27 heavy (non-hydrogen) atoms. The van der Waals surface area contributed by atoms with E-state index in [1.807, 2.05) is 55.5 Å². The second kappa shape index (κ2) is 10.7. The van der Waals surface area contributed by atoms with Gasteiger partial charge in [-0.1, -0.05) is 36.4 Å². The fraction of sp³-hybridized carbons (Fsp3) is 0.136. The third kappa shape index (κ3) is 5.95. The molecule has 138 valence electrons. The summed E-state index contributed by atoms with van der Waals surface area (Å²) in [6, 6.07) is 19.9. The summed E-state index contributed by atoms with van der Waals surface area (Å²) in [6.45, 7) is 6.18. The third-order valence-electron chi connectivity index (χ3n) is 4.14. The Bertz CT molecular complexity index is 907. The number of hydrogen-bond donors (Lipinski definition) is 1. The molecule has 0 saturated carbocycles. The van der Waals surface area contributed by atoms with E-state index in [2.05, 4.69) is 31.0 Å². The van der Waals surface area contributed by atoms with Crippen molar-refractivity contribution in [3.8, 4) is 16.9 Å². The summed E-state index contributed by atoms with van der Waals surface area (Å²) in [4.78, 5) is 4.47. The van der Waals surface area contributed by atoms with Crippen molar-refractivity contribution < 1.29 is 22.1 Å². The molecule has 0 unspecified atom stereocenters. The Kier molecular flexibility index (Phi) is 8.59. The van der Waals surface area contributed by atoms with Crippen LogP contribution in [-0.4, -0.2) is 11.3 Å². The quantitative estimate of drug-likeness (QED) is 0.346. The first-order valence-electron chi connectivity index (χ1n) is 8.43. The molecule has 0 atom stereocenters. The maximum absolute atomic E-state index is 10.8. The standard InChI is InChI=1S/C22H21NO.2ClH.Ti/c1-15-12-18(14-23-19-10-5-4-6-11-19)22(24)20(13-15)21-16(2)8-7-9-17(21)3;;;/h4-14,24H,1-3H3;2*1H;/q;;;+2/p-2. The molecule has 0 aliphatic carbocycles. The van der Waals surface area contributed by atoms with Gasteiger partial charge in [0.2, 0.25) is 0 Å². The number of phenolic OH excluding ortho intramolecular Hbond substituents is 1. The molecular formula is C22H21Cl2NOTi. The maximum atomic E-state index is 10.8. The SMILES string of the molecule is Cc1cc(C=Nc2ccccc2)c(O)c(-c2c(C)cccc2C)c1.[Cl][Ti][Cl]. The fourth-order valence-electron chi connectivity index (χ4n) is 2.99. The van der Waals surface area contributed by atoms with E-state index in [0.717, 1.165) is 39.1 Å². The Hall–Kier alpha value is -1.58. The van der Waals surface area contributed by atoms with E-state index in [0.29, 0.717) is 0 Å². The van der Waals surface area contributed by atoms with Crippen molar-refractivity contribution >= 4 is 30.5 Å². The minimum absolute atomic E-state index is 0.276. The molecule has 0 bridgehead atoms. The molecule has 0 aromatic heterocycles. The Morgan fingerprint density at radius 1 is 0.889 bits per heavy atom. The summed E-state index contributed by atoms with van der Waals surface area (Å²) in [5.74, 6) is 0.276. The van der Waals surface area contributed by atoms with E-state index in [4.69, 9.17) is 18.6 Å². The molecule has 5 heteroatoms. The van der Waals surface area contributed by atoms with Crippen molar-refractivity contribution in [2.24, 2.45) is 4.99 Å². The number of benzene rings is 3. The van der Waals surface area contributed by atoms with Gasteiger partial charge in [-0.15, -0.1) is 0 Å². The summed E-state index contributed by atoms with van der Waals surface area (Å²) >= 11 is -0.556. The molecule has 0 saturated heterocycles. The number of aliphatic imine (C=N–C) groups is 1. The van der Waals surface area contributed by atoms with Gasteiger partial charge < -0.3 is 5.11 Å². The van der Waals surface area contributed by atoms with Crippen molar-refractivity contribution in [3.63, 3.8) is 0 Å². The molecule has 0 amide bonds. The van der Waals surface area contributed by atoms with Crippen molar-refractivity contribution in [1.82, 2.24) is 0 Å². The van der Waals surface area contributed by atoms with Crippen LogP contribution in [0.25, 0.3) is 11.1 Å². The van der Waals surface area contributed by atoms with Crippen molar-refractivity contribution in [2.75, 3.05) is 0 Å². The van der Waals surface area contributed by atoms with Crippen LogP contribution < -0.4 is 0 Å². The summed E-state index contributed by atoms with van der Waals surface area (Å²) in [7, 11) is 9.78. The molecule has 3 rings (SSSR count). The molecule has 1 N–H and O–H groups in total. The van der Waals surface area contributed by atoms with Gasteiger partial charge in [-0.05, 0) is 67.3 Å². The number of para-hydroxylation sites is 1. The van der Waals surface area contributed by atoms with Gasteiger partial charge in [-0.25, -0.2) is 0 Å². The van der Waals surface area contributed by atoms with Crippen molar-refractivity contribution in [1.29, 1.82) is 0 Å². The van der Waals surface area contributed by atoms with Gasteiger partial charge in [0.25, 0.3) is 0 Å². The molecule has 3 aromatic rings. The van der Waals surface area contributed by atoms with Crippen LogP contribution in [0.4, 0.5) is 5.69 Å². The Morgan fingerprint density at radius 3 is 2.07 bits per heavy atom. The molecule has 2 nitrogen and oxygen atoms in total. The molecule has 0 fully saturated rings. The van der Waals surface area contributed by atoms with Crippen molar-refractivity contribution in [2.45, 2.75) is 20.8 Å². The van der Waals surface area contributed by atoms with Gasteiger partial charge in [0.15, 0.2) is 0 Å². The predicted molar refractivity (Wildman–Crippen MR) is 113 cm³/mol. The summed E-state index contributed by atoms with van der Waals surface area (Å²) in [6.07, 6.45) is 1.73. The third-order valence-corrected chi connectivity index (χ3v) is 4.14. The van der Waals surface area contributed by atoms with Crippen LogP contribution in [0.5, 0.6) is 5.75 Å². The monoisotopic (exact) mass is 433 g/mol. The first-order valence-corrected chi connectivity index (χ1v) is 12.7. The Balaban J connectivity index is 0.000000817. The summed E-state index contributed by atoms with van der Waals surface area (Å²) in [5, 5.41) is 10.8. The number of phenols is 1. The number of halogens is 2. The molecule has 3 aromatic carbocycles. The first-order chi connectivity index (χ1) is 13.0. The van der Waals surface area contributed by atoms with Gasteiger partial charge in [0.05, 0.1) is 5.69 Å². The molecular weight excluding hydrogens is 413 g/mol. The zero-order valence-electron chi connectivity index (χ0n) is 15.5. The van der Waals surface area contributed by atoms with E-state index in [9.17, 15) is 5.11 Å². The van der Waals surface area contributed by atoms with Gasteiger partial charge in [0.1, 0.15) is 5.75 Å². The van der Waals surface area contributed by atoms with E-state index in [1.165, 1.54) is 0 Å². The van der Waals surface area contributed by atoms with Crippen LogP contribution >= 0.6 is 18.6 Å². The zero-order valence-corrected chi connectivity index (χ0v) is 18.6. The Morgan fingerprint density at radius 2 is 1.48 bits per heavy atom. The fourth-order valence-corrected chi connectivity index (χ4v) is 2.99. The average molecular weight is 434 g/mol. The summed E-state index contributed by atoms with van der Waals surface area (Å²) < 4.78 is 0. The topological polar surface area (TPSA) is 32.6 Å². The van der Waals surface area contributed by atoms with Crippen LogP contribution in [0.1, 0.15) is 22.3 Å². The molecule has 0 aliphatic heterocycles. The molecule has 0 spiro atoms. The van der Waals surface area contributed by atoms with Crippen LogP contribution in [0, 0.1) is 20.8 Å². The predicted octanol–water partition coefficient (Wildman–Crippen LogP) is 7.11. The van der Waals surface area contributed by atoms with Crippen LogP contribution in [-0.2, 0) is 17.0 Å². The van der Waals surface area contributed by atoms with Gasteiger partial charge in [-0.2, -0.15) is 0 Å². The minimum atomic E-state index is -0.556. The van der Waals surface area contributed by atoms with Crippen LogP contribution in [0.15, 0.2) is 65.7 Å². The molecule has 0 radical (unpaired) electrons. The molecule has 0 heterocycles. The van der Waals surface area contributed by atoms with Crippen molar-refractivity contribution in [3.05, 3.63) is 82.9 Å². The number of nitrogens with zero attached hydrogens (tertiary/aromatic N) is 1. The zero-order chi connectivity index (χ0) is 19.8. The molecule has 0 aliphatic rings. The van der Waals surface area contributed by atoms with E-state index in [1.54, 1.807) is 6.21 Å². The van der Waals surface area contributed by atoms with Crippen LogP contribution in [0.3, 0.4) is 0 Å². The van der Waals surface area contributed by atoms with Gasteiger partial charge >= 0.3 is 35.6 Å². The van der Waals surface area contributed by atoms with E-state index < -0.39 is 17.0 Å². The normalized spacial score (nSPS) is 10.4. The number of hydrogen-bond acceptors (Lipinski definition) is 2. The number of rotatable bonds is 3. The second-order valence-electron chi connectivity index (χ2n) is 6.18. The van der Waals surface area contributed by atoms with E-state index >= 15 is 0 Å². The van der Waals surface area contributed by atoms with E-state index in [-0.39, 0.29) is 5.75 Å². The summed E-state index contributed by atoms with van der Waals surface area (Å²) in [5.41, 5.74) is 6.96. The first kappa shape index (κ1) is 21.7.